The average molecular weight is 257 g/mol. The summed E-state index contributed by atoms with van der Waals surface area (Å²) in [7, 11) is 1.32. The number of aryl methyl sites for hydroxylation is 1. The Kier molecular flexibility index (Phi) is 3.80. The first kappa shape index (κ1) is 13.1. The van der Waals surface area contributed by atoms with Crippen molar-refractivity contribution in [1.29, 1.82) is 0 Å². The van der Waals surface area contributed by atoms with Crippen molar-refractivity contribution in [3.8, 4) is 0 Å². The predicted octanol–water partition coefficient (Wildman–Crippen LogP) is 1.92. The van der Waals surface area contributed by atoms with Crippen LogP contribution in [0.3, 0.4) is 0 Å². The summed E-state index contributed by atoms with van der Waals surface area (Å²) in [6.45, 7) is 1.72. The highest BCUT2D eigenvalue weighted by Gasteiger charge is 2.24. The van der Waals surface area contributed by atoms with Crippen molar-refractivity contribution < 1.29 is 9.53 Å². The molecule has 1 aromatic heterocycles. The van der Waals surface area contributed by atoms with E-state index in [0.29, 0.717) is 5.56 Å². The zero-order chi connectivity index (χ0) is 13.8. The Balaban J connectivity index is 2.59. The molecule has 0 saturated heterocycles. The Morgan fingerprint density at radius 2 is 1.84 bits per heavy atom. The Labute approximate surface area is 111 Å². The quantitative estimate of drug-likeness (QED) is 0.789. The zero-order valence-electron chi connectivity index (χ0n) is 10.9. The summed E-state index contributed by atoms with van der Waals surface area (Å²) < 4.78 is 6.22. The first-order valence-electron chi connectivity index (χ1n) is 5.95. The van der Waals surface area contributed by atoms with Gasteiger partial charge >= 0.3 is 5.97 Å². The minimum Gasteiger partial charge on any atom is -0.467 e. The molecule has 0 aliphatic rings. The normalized spacial score (nSPS) is 11.9. The molecule has 0 saturated carbocycles. The molecule has 0 bridgehead atoms. The molecule has 0 fully saturated rings. The number of benzene rings is 1. The van der Waals surface area contributed by atoms with Gasteiger partial charge in [-0.05, 0) is 18.6 Å². The highest BCUT2D eigenvalue weighted by atomic mass is 16.5. The second-order valence-electron chi connectivity index (χ2n) is 4.24. The van der Waals surface area contributed by atoms with E-state index in [1.165, 1.54) is 11.7 Å². The van der Waals surface area contributed by atoms with Gasteiger partial charge in [0.25, 0.3) is 5.56 Å². The number of rotatable bonds is 3. The van der Waals surface area contributed by atoms with Crippen LogP contribution < -0.4 is 5.56 Å². The Morgan fingerprint density at radius 1 is 1.16 bits per heavy atom. The summed E-state index contributed by atoms with van der Waals surface area (Å²) in [5, 5.41) is 0. The number of ether oxygens (including phenoxy) is 1. The predicted molar refractivity (Wildman–Crippen MR) is 72.0 cm³/mol. The van der Waals surface area contributed by atoms with Gasteiger partial charge in [-0.2, -0.15) is 0 Å². The minimum absolute atomic E-state index is 0.193. The lowest BCUT2D eigenvalue weighted by Gasteiger charge is -2.18. The number of methoxy groups -OCH3 is 1. The number of nitrogens with zero attached hydrogens (tertiary/aromatic N) is 1. The van der Waals surface area contributed by atoms with Gasteiger partial charge in [0.05, 0.1) is 7.11 Å². The van der Waals surface area contributed by atoms with Gasteiger partial charge in [-0.15, -0.1) is 0 Å². The van der Waals surface area contributed by atoms with E-state index in [1.54, 1.807) is 37.4 Å². The third kappa shape index (κ3) is 2.57. The van der Waals surface area contributed by atoms with Gasteiger partial charge in [0.2, 0.25) is 0 Å². The maximum absolute atomic E-state index is 12.2. The zero-order valence-corrected chi connectivity index (χ0v) is 10.9. The molecule has 1 aromatic carbocycles. The van der Waals surface area contributed by atoms with E-state index in [9.17, 15) is 9.59 Å². The number of hydrogen-bond acceptors (Lipinski definition) is 3. The molecule has 1 heterocycles. The van der Waals surface area contributed by atoms with Crippen LogP contribution in [0.4, 0.5) is 0 Å². The second-order valence-corrected chi connectivity index (χ2v) is 4.24. The molecule has 4 nitrogen and oxygen atoms in total. The summed E-state index contributed by atoms with van der Waals surface area (Å²) in [6.07, 6.45) is 1.60. The fraction of sp³-hybridized carbons (Fsp3) is 0.200. The van der Waals surface area contributed by atoms with Crippen LogP contribution in [0.2, 0.25) is 0 Å². The molecule has 0 aliphatic carbocycles. The van der Waals surface area contributed by atoms with Crippen molar-refractivity contribution in [3.63, 3.8) is 0 Å². The molecule has 2 rings (SSSR count). The molecular weight excluding hydrogens is 242 g/mol. The summed E-state index contributed by atoms with van der Waals surface area (Å²) in [6, 6.07) is 11.8. The standard InChI is InChI=1S/C15H15NO3/c1-11-7-6-10-16(14(11)17)13(15(18)19-2)12-8-4-3-5-9-12/h3-10,13H,1-2H3. The highest BCUT2D eigenvalue weighted by molar-refractivity contribution is 5.78. The smallest absolute Gasteiger partial charge is 0.333 e. The second kappa shape index (κ2) is 5.52. The van der Waals surface area contributed by atoms with Gasteiger partial charge in [0.1, 0.15) is 0 Å². The maximum atomic E-state index is 12.2. The van der Waals surface area contributed by atoms with Crippen LogP contribution in [-0.2, 0) is 9.53 Å². The van der Waals surface area contributed by atoms with Crippen molar-refractivity contribution in [3.05, 3.63) is 70.1 Å². The van der Waals surface area contributed by atoms with Gasteiger partial charge < -0.3 is 4.74 Å². The van der Waals surface area contributed by atoms with Gasteiger partial charge in [0.15, 0.2) is 6.04 Å². The van der Waals surface area contributed by atoms with Gasteiger partial charge in [-0.25, -0.2) is 4.79 Å². The van der Waals surface area contributed by atoms with Crippen molar-refractivity contribution in [2.24, 2.45) is 0 Å². The van der Waals surface area contributed by atoms with E-state index in [1.807, 2.05) is 18.2 Å². The van der Waals surface area contributed by atoms with E-state index in [0.717, 1.165) is 5.56 Å². The molecule has 98 valence electrons. The van der Waals surface area contributed by atoms with E-state index in [4.69, 9.17) is 4.74 Å². The summed E-state index contributed by atoms with van der Waals surface area (Å²) in [5.41, 5.74) is 1.12. The van der Waals surface area contributed by atoms with Crippen molar-refractivity contribution >= 4 is 5.97 Å². The molecule has 1 unspecified atom stereocenters. The number of esters is 1. The SMILES string of the molecule is COC(=O)C(c1ccccc1)n1cccc(C)c1=O. The van der Waals surface area contributed by atoms with Crippen LogP contribution in [0.15, 0.2) is 53.5 Å². The third-order valence-corrected chi connectivity index (χ3v) is 2.98. The first-order valence-corrected chi connectivity index (χ1v) is 5.95. The molecule has 4 heteroatoms. The summed E-state index contributed by atoms with van der Waals surface area (Å²) in [5.74, 6) is -0.459. The molecule has 0 amide bonds. The van der Waals surface area contributed by atoms with Crippen molar-refractivity contribution in [1.82, 2.24) is 4.57 Å². The molecule has 19 heavy (non-hydrogen) atoms. The van der Waals surface area contributed by atoms with E-state index >= 15 is 0 Å². The number of carbonyl (C=O) groups excluding carboxylic acids is 1. The molecule has 2 aromatic rings. The van der Waals surface area contributed by atoms with Gasteiger partial charge in [-0.1, -0.05) is 36.4 Å². The lowest BCUT2D eigenvalue weighted by molar-refractivity contribution is -0.143. The lowest BCUT2D eigenvalue weighted by Crippen LogP contribution is -2.32. The van der Waals surface area contributed by atoms with Crippen LogP contribution >= 0.6 is 0 Å². The van der Waals surface area contributed by atoms with Gasteiger partial charge in [0, 0.05) is 11.8 Å². The fourth-order valence-electron chi connectivity index (χ4n) is 1.98. The number of carbonyl (C=O) groups is 1. The Bertz CT molecular complexity index is 631. The van der Waals surface area contributed by atoms with Crippen LogP contribution in [-0.4, -0.2) is 17.6 Å². The maximum Gasteiger partial charge on any atom is 0.333 e. The summed E-state index contributed by atoms with van der Waals surface area (Å²) in [4.78, 5) is 24.2. The van der Waals surface area contributed by atoms with Crippen molar-refractivity contribution in [2.75, 3.05) is 7.11 Å². The van der Waals surface area contributed by atoms with Gasteiger partial charge in [-0.3, -0.25) is 9.36 Å². The lowest BCUT2D eigenvalue weighted by atomic mass is 10.1. The molecular formula is C15H15NO3. The highest BCUT2D eigenvalue weighted by Crippen LogP contribution is 2.18. The Hall–Kier alpha value is -2.36. The van der Waals surface area contributed by atoms with E-state index in [-0.39, 0.29) is 5.56 Å². The molecule has 0 N–H and O–H groups in total. The van der Waals surface area contributed by atoms with Crippen LogP contribution in [0.25, 0.3) is 0 Å². The molecule has 0 radical (unpaired) electrons. The number of pyridine rings is 1. The topological polar surface area (TPSA) is 48.3 Å². The molecule has 1 atom stereocenters. The minimum atomic E-state index is -0.751. The van der Waals surface area contributed by atoms with Crippen LogP contribution in [0.1, 0.15) is 17.2 Å². The van der Waals surface area contributed by atoms with E-state index < -0.39 is 12.0 Å². The fourth-order valence-corrected chi connectivity index (χ4v) is 1.98. The average Bonchev–Trinajstić information content (AvgIpc) is 2.44. The van der Waals surface area contributed by atoms with E-state index in [2.05, 4.69) is 0 Å². The van der Waals surface area contributed by atoms with Crippen LogP contribution in [0.5, 0.6) is 0 Å². The summed E-state index contributed by atoms with van der Waals surface area (Å²) >= 11 is 0. The monoisotopic (exact) mass is 257 g/mol. The Morgan fingerprint density at radius 3 is 2.47 bits per heavy atom. The molecule has 0 aliphatic heterocycles. The number of aromatic nitrogens is 1. The van der Waals surface area contributed by atoms with Crippen molar-refractivity contribution in [2.45, 2.75) is 13.0 Å². The largest absolute Gasteiger partial charge is 0.467 e. The van der Waals surface area contributed by atoms with Crippen LogP contribution in [0, 0.1) is 6.92 Å². The number of hydrogen-bond donors (Lipinski definition) is 0. The third-order valence-electron chi connectivity index (χ3n) is 2.98. The molecule has 0 spiro atoms. The first-order chi connectivity index (χ1) is 9.15.